The molecule has 9 aromatic rings. The van der Waals surface area contributed by atoms with Gasteiger partial charge >= 0.3 is 0 Å². The van der Waals surface area contributed by atoms with Crippen LogP contribution in [0.5, 0.6) is 0 Å². The lowest BCUT2D eigenvalue weighted by atomic mass is 9.99. The summed E-state index contributed by atoms with van der Waals surface area (Å²) in [4.78, 5) is 15.3. The van der Waals surface area contributed by atoms with E-state index in [1.807, 2.05) is 42.5 Å². The van der Waals surface area contributed by atoms with Crippen LogP contribution in [-0.2, 0) is 0 Å². The fourth-order valence-electron chi connectivity index (χ4n) is 6.18. The number of fused-ring (bicyclic) bond motifs is 7. The van der Waals surface area contributed by atoms with Crippen LogP contribution in [0.3, 0.4) is 0 Å². The minimum absolute atomic E-state index is 0.585. The topological polar surface area (TPSA) is 51.8 Å². The minimum Gasteiger partial charge on any atom is -0.454 e. The van der Waals surface area contributed by atoms with Gasteiger partial charge in [-0.3, -0.25) is 0 Å². The van der Waals surface area contributed by atoms with Crippen LogP contribution in [-0.4, -0.2) is 15.0 Å². The van der Waals surface area contributed by atoms with E-state index < -0.39 is 0 Å². The van der Waals surface area contributed by atoms with Crippen molar-refractivity contribution in [2.75, 3.05) is 0 Å². The molecule has 206 valence electrons. The zero-order chi connectivity index (χ0) is 29.2. The smallest absolute Gasteiger partial charge is 0.164 e. The van der Waals surface area contributed by atoms with E-state index in [0.29, 0.717) is 28.1 Å². The van der Waals surface area contributed by atoms with Gasteiger partial charge in [-0.05, 0) is 51.2 Å². The molecular weight excluding hydrogens is 562 g/mol. The Labute approximate surface area is 257 Å². The molecule has 5 heteroatoms. The Hall–Kier alpha value is -5.58. The fraction of sp³-hybridized carbons (Fsp3) is 0. The van der Waals surface area contributed by atoms with Gasteiger partial charge in [-0.25, -0.2) is 15.0 Å². The third kappa shape index (κ3) is 3.96. The first kappa shape index (κ1) is 25.0. The van der Waals surface area contributed by atoms with E-state index in [2.05, 4.69) is 91.0 Å². The van der Waals surface area contributed by atoms with Gasteiger partial charge < -0.3 is 4.42 Å². The maximum Gasteiger partial charge on any atom is 0.164 e. The van der Waals surface area contributed by atoms with Gasteiger partial charge in [-0.2, -0.15) is 0 Å². The average Bonchev–Trinajstić information content (AvgIpc) is 3.47. The van der Waals surface area contributed by atoms with Gasteiger partial charge in [-0.15, -0.1) is 0 Å². The number of nitrogens with zero attached hydrogens (tertiary/aromatic N) is 3. The first-order valence-corrected chi connectivity index (χ1v) is 14.8. The van der Waals surface area contributed by atoms with Crippen molar-refractivity contribution in [1.29, 1.82) is 0 Å². The third-order valence-electron chi connectivity index (χ3n) is 8.35. The molecule has 0 saturated heterocycles. The van der Waals surface area contributed by atoms with Crippen molar-refractivity contribution in [2.45, 2.75) is 0 Å². The molecule has 0 atom stereocenters. The molecule has 9 rings (SSSR count). The van der Waals surface area contributed by atoms with E-state index in [-0.39, 0.29) is 0 Å². The molecule has 0 aliphatic heterocycles. The van der Waals surface area contributed by atoms with Crippen LogP contribution in [0.2, 0.25) is 5.02 Å². The van der Waals surface area contributed by atoms with Gasteiger partial charge in [0.25, 0.3) is 0 Å². The molecule has 2 heterocycles. The second kappa shape index (κ2) is 9.73. The first-order valence-electron chi connectivity index (χ1n) is 14.5. The highest BCUT2D eigenvalue weighted by atomic mass is 35.5. The predicted molar refractivity (Wildman–Crippen MR) is 181 cm³/mol. The number of aromatic nitrogens is 3. The van der Waals surface area contributed by atoms with E-state index in [4.69, 9.17) is 31.0 Å². The van der Waals surface area contributed by atoms with Gasteiger partial charge in [0.2, 0.25) is 0 Å². The Kier molecular flexibility index (Phi) is 5.52. The molecule has 0 fully saturated rings. The lowest BCUT2D eigenvalue weighted by Crippen LogP contribution is -2.01. The normalized spacial score (nSPS) is 11.8. The first-order chi connectivity index (χ1) is 21.7. The van der Waals surface area contributed by atoms with Crippen molar-refractivity contribution >= 4 is 65.9 Å². The van der Waals surface area contributed by atoms with Crippen LogP contribution in [0.25, 0.3) is 88.4 Å². The van der Waals surface area contributed by atoms with Crippen LogP contribution in [0.4, 0.5) is 0 Å². The molecule has 0 unspecified atom stereocenters. The summed E-state index contributed by atoms with van der Waals surface area (Å²) < 4.78 is 6.37. The monoisotopic (exact) mass is 583 g/mol. The maximum absolute atomic E-state index is 6.57. The molecule has 0 aliphatic carbocycles. The third-order valence-corrected chi connectivity index (χ3v) is 8.65. The van der Waals surface area contributed by atoms with Crippen LogP contribution in [0.15, 0.2) is 138 Å². The summed E-state index contributed by atoms with van der Waals surface area (Å²) in [7, 11) is 0. The number of furan rings is 1. The van der Waals surface area contributed by atoms with E-state index in [9.17, 15) is 0 Å². The highest BCUT2D eigenvalue weighted by molar-refractivity contribution is 6.36. The summed E-state index contributed by atoms with van der Waals surface area (Å²) in [6, 6.07) is 45.5. The molecule has 4 nitrogen and oxygen atoms in total. The number of hydrogen-bond donors (Lipinski definition) is 0. The van der Waals surface area contributed by atoms with Crippen molar-refractivity contribution in [3.63, 3.8) is 0 Å². The van der Waals surface area contributed by atoms with Crippen molar-refractivity contribution in [3.8, 4) is 34.2 Å². The van der Waals surface area contributed by atoms with Crippen molar-refractivity contribution in [2.24, 2.45) is 0 Å². The van der Waals surface area contributed by atoms with Gasteiger partial charge in [0.05, 0.1) is 5.02 Å². The average molecular weight is 584 g/mol. The Balaban J connectivity index is 1.35. The number of halogens is 1. The van der Waals surface area contributed by atoms with E-state index in [0.717, 1.165) is 54.6 Å². The Bertz CT molecular complexity index is 2490. The van der Waals surface area contributed by atoms with Gasteiger partial charge in [-0.1, -0.05) is 121 Å². The van der Waals surface area contributed by atoms with Crippen LogP contribution in [0.1, 0.15) is 0 Å². The molecule has 7 aromatic carbocycles. The fourth-order valence-corrected chi connectivity index (χ4v) is 6.39. The van der Waals surface area contributed by atoms with Crippen molar-refractivity contribution in [1.82, 2.24) is 15.0 Å². The summed E-state index contributed by atoms with van der Waals surface area (Å²) in [5.74, 6) is 1.84. The summed E-state index contributed by atoms with van der Waals surface area (Å²) in [5, 5.41) is 9.09. The van der Waals surface area contributed by atoms with Crippen molar-refractivity contribution in [3.05, 3.63) is 138 Å². The zero-order valence-electron chi connectivity index (χ0n) is 23.3. The largest absolute Gasteiger partial charge is 0.454 e. The Morgan fingerprint density at radius 1 is 0.409 bits per heavy atom. The van der Waals surface area contributed by atoms with Gasteiger partial charge in [0.15, 0.2) is 23.1 Å². The highest BCUT2D eigenvalue weighted by Crippen LogP contribution is 2.41. The SMILES string of the molecule is Clc1cccc2c1oc1c3ccccc3c(-c3nc(-c4ccc5ccccc5c4)nc(-c4ccc5ccccc5c4)n3)cc21. The number of benzene rings is 7. The van der Waals surface area contributed by atoms with Crippen LogP contribution >= 0.6 is 11.6 Å². The molecule has 44 heavy (non-hydrogen) atoms. The molecule has 0 radical (unpaired) electrons. The van der Waals surface area contributed by atoms with E-state index in [1.165, 1.54) is 10.8 Å². The second-order valence-corrected chi connectivity index (χ2v) is 11.4. The molecule has 0 bridgehead atoms. The van der Waals surface area contributed by atoms with Crippen molar-refractivity contribution < 1.29 is 4.42 Å². The number of rotatable bonds is 3. The second-order valence-electron chi connectivity index (χ2n) is 11.0. The molecule has 2 aromatic heterocycles. The molecular formula is C39H22ClN3O. The maximum atomic E-state index is 6.57. The standard InChI is InChI=1S/C39H22ClN3O/c40-34-15-7-14-31-32-22-33(29-12-5-6-13-30(29)35(32)44-36(31)34)39-42-37(27-18-16-23-8-1-3-10-25(23)20-27)41-38(43-39)28-19-17-24-9-2-4-11-26(24)21-28/h1-22H. The minimum atomic E-state index is 0.585. The Morgan fingerprint density at radius 2 is 0.932 bits per heavy atom. The molecule has 0 aliphatic rings. The van der Waals surface area contributed by atoms with Gasteiger partial charge in [0, 0.05) is 32.8 Å². The summed E-state index contributed by atoms with van der Waals surface area (Å²) in [5.41, 5.74) is 4.24. The quantitative estimate of drug-likeness (QED) is 0.207. The van der Waals surface area contributed by atoms with Crippen LogP contribution in [0, 0.1) is 0 Å². The molecule has 0 N–H and O–H groups in total. The lowest BCUT2D eigenvalue weighted by molar-refractivity contribution is 0.673. The summed E-state index contributed by atoms with van der Waals surface area (Å²) >= 11 is 6.57. The number of hydrogen-bond acceptors (Lipinski definition) is 4. The summed E-state index contributed by atoms with van der Waals surface area (Å²) in [6.45, 7) is 0. The lowest BCUT2D eigenvalue weighted by Gasteiger charge is -2.12. The van der Waals surface area contributed by atoms with E-state index in [1.54, 1.807) is 0 Å². The molecule has 0 saturated carbocycles. The Morgan fingerprint density at radius 3 is 1.59 bits per heavy atom. The predicted octanol–water partition coefficient (Wildman–Crippen LogP) is 10.9. The highest BCUT2D eigenvalue weighted by Gasteiger charge is 2.19. The summed E-state index contributed by atoms with van der Waals surface area (Å²) in [6.07, 6.45) is 0. The van der Waals surface area contributed by atoms with Crippen LogP contribution < -0.4 is 0 Å². The van der Waals surface area contributed by atoms with E-state index >= 15 is 0 Å². The molecule has 0 amide bonds. The molecule has 0 spiro atoms. The van der Waals surface area contributed by atoms with Gasteiger partial charge in [0.1, 0.15) is 5.58 Å². The zero-order valence-corrected chi connectivity index (χ0v) is 24.1. The number of para-hydroxylation sites is 1.